The Kier molecular flexibility index (Phi) is 5.66. The van der Waals surface area contributed by atoms with Gasteiger partial charge in [-0.25, -0.2) is 0 Å². The van der Waals surface area contributed by atoms with Crippen molar-refractivity contribution in [3.05, 3.63) is 0 Å². The predicted molar refractivity (Wildman–Crippen MR) is 45.3 cm³/mol. The van der Waals surface area contributed by atoms with E-state index in [0.717, 1.165) is 12.8 Å². The number of aliphatic hydroxyl groups excluding tert-OH is 1. The van der Waals surface area contributed by atoms with Crippen molar-refractivity contribution in [3.8, 4) is 0 Å². The van der Waals surface area contributed by atoms with Crippen LogP contribution >= 0.6 is 0 Å². The summed E-state index contributed by atoms with van der Waals surface area (Å²) >= 11 is 0. The number of unbranched alkanes of at least 4 members (excludes halogenated alkanes) is 1. The monoisotopic (exact) mass is 175 g/mol. The Balaban J connectivity index is 3.61. The van der Waals surface area contributed by atoms with Crippen LogP contribution in [-0.4, -0.2) is 23.4 Å². The van der Waals surface area contributed by atoms with Gasteiger partial charge in [0.15, 0.2) is 6.29 Å². The Morgan fingerprint density at radius 3 is 2.67 bits per heavy atom. The molecular formula is C8H17NO3. The minimum atomic E-state index is -1.06. The Bertz CT molecular complexity index is 136. The van der Waals surface area contributed by atoms with Gasteiger partial charge >= 0.3 is 5.97 Å². The number of carbonyl (C=O) groups excluding carboxylic acids is 1. The third kappa shape index (κ3) is 5.09. The average molecular weight is 175 g/mol. The summed E-state index contributed by atoms with van der Waals surface area (Å²) in [6.07, 6.45) is 1.44. The van der Waals surface area contributed by atoms with Gasteiger partial charge in [0, 0.05) is 0 Å². The summed E-state index contributed by atoms with van der Waals surface area (Å²) in [5.41, 5.74) is 5.47. The minimum absolute atomic E-state index is 0.529. The van der Waals surface area contributed by atoms with Crippen molar-refractivity contribution in [3.63, 3.8) is 0 Å². The zero-order valence-corrected chi connectivity index (χ0v) is 7.62. The number of aliphatic hydroxyl groups is 1. The molecule has 0 aromatic heterocycles. The van der Waals surface area contributed by atoms with Crippen molar-refractivity contribution in [2.75, 3.05) is 0 Å². The van der Waals surface area contributed by atoms with Crippen LogP contribution in [0.2, 0.25) is 0 Å². The zero-order chi connectivity index (χ0) is 9.56. The van der Waals surface area contributed by atoms with Crippen molar-refractivity contribution >= 4 is 5.97 Å². The molecule has 0 aliphatic carbocycles. The second kappa shape index (κ2) is 5.97. The number of esters is 1. The molecule has 0 saturated carbocycles. The summed E-state index contributed by atoms with van der Waals surface area (Å²) < 4.78 is 4.50. The molecule has 0 saturated heterocycles. The highest BCUT2D eigenvalue weighted by Gasteiger charge is 2.15. The Hall–Kier alpha value is -0.610. The van der Waals surface area contributed by atoms with Crippen LogP contribution in [0.4, 0.5) is 0 Å². The first-order chi connectivity index (χ1) is 5.57. The van der Waals surface area contributed by atoms with Gasteiger partial charge in [0.25, 0.3) is 0 Å². The molecule has 0 heterocycles. The van der Waals surface area contributed by atoms with Gasteiger partial charge in [-0.3, -0.25) is 4.79 Å². The van der Waals surface area contributed by atoms with Crippen LogP contribution < -0.4 is 5.73 Å². The van der Waals surface area contributed by atoms with E-state index in [-0.39, 0.29) is 0 Å². The van der Waals surface area contributed by atoms with Gasteiger partial charge in [-0.1, -0.05) is 19.8 Å². The number of hydrogen-bond donors (Lipinski definition) is 2. The lowest BCUT2D eigenvalue weighted by atomic mass is 10.1. The lowest BCUT2D eigenvalue weighted by Crippen LogP contribution is -2.34. The lowest BCUT2D eigenvalue weighted by Gasteiger charge is -2.12. The molecule has 4 nitrogen and oxygen atoms in total. The molecule has 0 amide bonds. The van der Waals surface area contributed by atoms with Crippen LogP contribution in [-0.2, 0) is 9.53 Å². The highest BCUT2D eigenvalue weighted by Crippen LogP contribution is 2.00. The fraction of sp³-hybridized carbons (Fsp3) is 0.875. The van der Waals surface area contributed by atoms with E-state index < -0.39 is 18.3 Å². The molecule has 0 aliphatic heterocycles. The molecule has 0 aromatic rings. The maximum atomic E-state index is 11.0. The van der Waals surface area contributed by atoms with E-state index in [2.05, 4.69) is 4.74 Å². The first kappa shape index (κ1) is 11.4. The SMILES string of the molecule is CCCCC(N)C(=O)OC(C)O. The van der Waals surface area contributed by atoms with Crippen molar-refractivity contribution in [1.29, 1.82) is 0 Å². The van der Waals surface area contributed by atoms with E-state index in [9.17, 15) is 4.79 Å². The van der Waals surface area contributed by atoms with Gasteiger partial charge in [0.1, 0.15) is 6.04 Å². The van der Waals surface area contributed by atoms with E-state index in [1.807, 2.05) is 6.92 Å². The minimum Gasteiger partial charge on any atom is -0.435 e. The topological polar surface area (TPSA) is 72.6 Å². The van der Waals surface area contributed by atoms with E-state index in [0.29, 0.717) is 6.42 Å². The molecule has 0 aliphatic rings. The van der Waals surface area contributed by atoms with Gasteiger partial charge < -0.3 is 15.6 Å². The van der Waals surface area contributed by atoms with Gasteiger partial charge in [0.2, 0.25) is 0 Å². The van der Waals surface area contributed by atoms with Crippen molar-refractivity contribution in [2.24, 2.45) is 5.73 Å². The van der Waals surface area contributed by atoms with E-state index in [4.69, 9.17) is 10.8 Å². The fourth-order valence-electron chi connectivity index (χ4n) is 0.797. The molecule has 0 bridgehead atoms. The van der Waals surface area contributed by atoms with Gasteiger partial charge in [-0.05, 0) is 13.3 Å². The molecule has 0 radical (unpaired) electrons. The summed E-state index contributed by atoms with van der Waals surface area (Å²) in [5, 5.41) is 8.70. The number of carbonyl (C=O) groups is 1. The van der Waals surface area contributed by atoms with E-state index in [1.54, 1.807) is 0 Å². The number of ether oxygens (including phenoxy) is 1. The summed E-state index contributed by atoms with van der Waals surface area (Å²) in [6.45, 7) is 3.40. The third-order valence-corrected chi connectivity index (χ3v) is 1.46. The molecule has 4 heteroatoms. The highest BCUT2D eigenvalue weighted by atomic mass is 16.6. The molecule has 2 unspecified atom stereocenters. The van der Waals surface area contributed by atoms with Crippen molar-refractivity contribution in [2.45, 2.75) is 45.4 Å². The first-order valence-electron chi connectivity index (χ1n) is 4.22. The Morgan fingerprint density at radius 1 is 1.67 bits per heavy atom. The van der Waals surface area contributed by atoms with Crippen molar-refractivity contribution < 1.29 is 14.6 Å². The summed E-state index contributed by atoms with van der Waals surface area (Å²) in [6, 6.07) is -0.598. The average Bonchev–Trinajstić information content (AvgIpc) is 1.98. The number of hydrogen-bond acceptors (Lipinski definition) is 4. The lowest BCUT2D eigenvalue weighted by molar-refractivity contribution is -0.166. The maximum Gasteiger partial charge on any atom is 0.325 e. The molecule has 12 heavy (non-hydrogen) atoms. The molecule has 0 spiro atoms. The zero-order valence-electron chi connectivity index (χ0n) is 7.62. The molecule has 0 fully saturated rings. The number of nitrogens with two attached hydrogens (primary N) is 1. The van der Waals surface area contributed by atoms with Crippen LogP contribution in [0.15, 0.2) is 0 Å². The summed E-state index contributed by atoms with van der Waals surface area (Å²) in [4.78, 5) is 11.0. The normalized spacial score (nSPS) is 15.3. The molecular weight excluding hydrogens is 158 g/mol. The fourth-order valence-corrected chi connectivity index (χ4v) is 0.797. The molecule has 0 rings (SSSR count). The van der Waals surface area contributed by atoms with E-state index in [1.165, 1.54) is 6.92 Å². The first-order valence-corrected chi connectivity index (χ1v) is 4.22. The van der Waals surface area contributed by atoms with Crippen LogP contribution in [0.25, 0.3) is 0 Å². The summed E-state index contributed by atoms with van der Waals surface area (Å²) in [5.74, 6) is -0.529. The van der Waals surface area contributed by atoms with E-state index >= 15 is 0 Å². The van der Waals surface area contributed by atoms with Gasteiger partial charge in [-0.2, -0.15) is 0 Å². The van der Waals surface area contributed by atoms with Gasteiger partial charge in [0.05, 0.1) is 0 Å². The second-order valence-electron chi connectivity index (χ2n) is 2.78. The molecule has 3 N–H and O–H groups in total. The quantitative estimate of drug-likeness (QED) is 0.468. The van der Waals surface area contributed by atoms with Crippen LogP contribution in [0, 0.1) is 0 Å². The second-order valence-corrected chi connectivity index (χ2v) is 2.78. The summed E-state index contributed by atoms with van der Waals surface area (Å²) in [7, 11) is 0. The van der Waals surface area contributed by atoms with Crippen molar-refractivity contribution in [1.82, 2.24) is 0 Å². The van der Waals surface area contributed by atoms with Crippen LogP contribution in [0.5, 0.6) is 0 Å². The molecule has 72 valence electrons. The Labute approximate surface area is 72.7 Å². The van der Waals surface area contributed by atoms with Gasteiger partial charge in [-0.15, -0.1) is 0 Å². The number of rotatable bonds is 5. The van der Waals surface area contributed by atoms with Crippen LogP contribution in [0.3, 0.4) is 0 Å². The third-order valence-electron chi connectivity index (χ3n) is 1.46. The maximum absolute atomic E-state index is 11.0. The molecule has 0 aromatic carbocycles. The highest BCUT2D eigenvalue weighted by molar-refractivity contribution is 5.75. The molecule has 2 atom stereocenters. The Morgan fingerprint density at radius 2 is 2.25 bits per heavy atom. The predicted octanol–water partition coefficient (Wildman–Crippen LogP) is 0.385. The van der Waals surface area contributed by atoms with Crippen LogP contribution in [0.1, 0.15) is 33.1 Å². The smallest absolute Gasteiger partial charge is 0.325 e. The standard InChI is InChI=1S/C8H17NO3/c1-3-4-5-7(9)8(11)12-6(2)10/h6-7,10H,3-5,9H2,1-2H3. The largest absolute Gasteiger partial charge is 0.435 e.